The van der Waals surface area contributed by atoms with Crippen molar-refractivity contribution < 1.29 is 9.53 Å². The molecule has 2 rings (SSSR count). The quantitative estimate of drug-likeness (QED) is 0.663. The molecule has 19 heavy (non-hydrogen) atoms. The van der Waals surface area contributed by atoms with E-state index in [-0.39, 0.29) is 0 Å². The number of carbonyl (C=O) groups excluding carboxylic acids is 1. The Morgan fingerprint density at radius 3 is 2.89 bits per heavy atom. The van der Waals surface area contributed by atoms with Gasteiger partial charge in [-0.3, -0.25) is 0 Å². The van der Waals surface area contributed by atoms with E-state index in [1.165, 1.54) is 7.11 Å². The van der Waals surface area contributed by atoms with E-state index in [1.807, 2.05) is 12.3 Å². The summed E-state index contributed by atoms with van der Waals surface area (Å²) in [5.74, 6) is -0.395. The van der Waals surface area contributed by atoms with Crippen LogP contribution in [-0.4, -0.2) is 18.1 Å². The Balaban J connectivity index is 2.07. The highest BCUT2D eigenvalue weighted by Gasteiger charge is 2.08. The summed E-state index contributed by atoms with van der Waals surface area (Å²) < 4.78 is 4.64. The molecule has 0 aliphatic heterocycles. The third kappa shape index (κ3) is 3.23. The Morgan fingerprint density at radius 2 is 2.32 bits per heavy atom. The molecule has 0 aliphatic rings. The van der Waals surface area contributed by atoms with Crippen molar-refractivity contribution in [2.75, 3.05) is 18.2 Å². The van der Waals surface area contributed by atoms with Crippen LogP contribution < -0.4 is 11.1 Å². The fraction of sp³-hybridized carbons (Fsp3) is 0.231. The highest BCUT2D eigenvalue weighted by molar-refractivity contribution is 7.09. The maximum absolute atomic E-state index is 11.4. The molecule has 0 saturated heterocycles. The molecule has 100 valence electrons. The number of benzene rings is 1. The monoisotopic (exact) mass is 277 g/mol. The van der Waals surface area contributed by atoms with Gasteiger partial charge in [0.2, 0.25) is 0 Å². The number of nitrogen functional groups attached to an aromatic ring is 1. The lowest BCUT2D eigenvalue weighted by molar-refractivity contribution is 0.0601. The second kappa shape index (κ2) is 5.71. The molecule has 3 N–H and O–H groups in total. The predicted octanol–water partition coefficient (Wildman–Crippen LogP) is 2.43. The van der Waals surface area contributed by atoms with Crippen LogP contribution in [0.25, 0.3) is 0 Å². The van der Waals surface area contributed by atoms with Crippen LogP contribution in [0.15, 0.2) is 23.6 Å². The molecule has 0 fully saturated rings. The summed E-state index contributed by atoms with van der Waals surface area (Å²) in [7, 11) is 1.34. The number of rotatable bonds is 4. The van der Waals surface area contributed by atoms with E-state index in [0.717, 1.165) is 16.4 Å². The fourth-order valence-corrected chi connectivity index (χ4v) is 2.26. The van der Waals surface area contributed by atoms with Crippen LogP contribution in [0.2, 0.25) is 0 Å². The fourth-order valence-electron chi connectivity index (χ4n) is 1.64. The molecular formula is C13H15N3O2S. The molecule has 0 aliphatic carbocycles. The molecule has 1 aromatic carbocycles. The van der Waals surface area contributed by atoms with Crippen LogP contribution >= 0.6 is 11.3 Å². The van der Waals surface area contributed by atoms with Crippen LogP contribution in [0.3, 0.4) is 0 Å². The number of nitrogens with one attached hydrogen (secondary N) is 1. The molecular weight excluding hydrogens is 262 g/mol. The molecule has 5 nitrogen and oxygen atoms in total. The van der Waals surface area contributed by atoms with Crippen molar-refractivity contribution in [1.82, 2.24) is 4.98 Å². The zero-order valence-electron chi connectivity index (χ0n) is 10.8. The first kappa shape index (κ1) is 13.4. The second-order valence-corrected chi connectivity index (χ2v) is 5.07. The van der Waals surface area contributed by atoms with Crippen LogP contribution in [0.1, 0.15) is 21.1 Å². The van der Waals surface area contributed by atoms with E-state index < -0.39 is 5.97 Å². The van der Waals surface area contributed by atoms with E-state index in [0.29, 0.717) is 17.8 Å². The predicted molar refractivity (Wildman–Crippen MR) is 76.4 cm³/mol. The van der Waals surface area contributed by atoms with Gasteiger partial charge in [-0.15, -0.1) is 11.3 Å². The maximum atomic E-state index is 11.4. The topological polar surface area (TPSA) is 77.2 Å². The Labute approximate surface area is 115 Å². The van der Waals surface area contributed by atoms with Gasteiger partial charge in [0.05, 0.1) is 41.3 Å². The SMILES string of the molecule is COC(=O)c1ccc(NCc2csc(C)n2)c(N)c1. The van der Waals surface area contributed by atoms with E-state index in [9.17, 15) is 4.79 Å². The first-order valence-electron chi connectivity index (χ1n) is 5.73. The third-order valence-corrected chi connectivity index (χ3v) is 3.42. The largest absolute Gasteiger partial charge is 0.465 e. The smallest absolute Gasteiger partial charge is 0.337 e. The Hall–Kier alpha value is -2.08. The number of aromatic nitrogens is 1. The minimum absolute atomic E-state index is 0.395. The van der Waals surface area contributed by atoms with Gasteiger partial charge in [0.25, 0.3) is 0 Å². The van der Waals surface area contributed by atoms with Crippen molar-refractivity contribution in [2.24, 2.45) is 0 Å². The average molecular weight is 277 g/mol. The van der Waals surface area contributed by atoms with Gasteiger partial charge in [0.15, 0.2) is 0 Å². The summed E-state index contributed by atoms with van der Waals surface area (Å²) in [5, 5.41) is 6.23. The summed E-state index contributed by atoms with van der Waals surface area (Å²) >= 11 is 1.61. The Bertz CT molecular complexity index is 595. The molecule has 6 heteroatoms. The van der Waals surface area contributed by atoms with Crippen molar-refractivity contribution in [2.45, 2.75) is 13.5 Å². The number of anilines is 2. The molecule has 1 aromatic heterocycles. The molecule has 0 bridgehead atoms. The molecule has 0 spiro atoms. The van der Waals surface area contributed by atoms with Gasteiger partial charge >= 0.3 is 5.97 Å². The van der Waals surface area contributed by atoms with E-state index >= 15 is 0 Å². The van der Waals surface area contributed by atoms with E-state index in [4.69, 9.17) is 5.73 Å². The van der Waals surface area contributed by atoms with Crippen LogP contribution in [0.4, 0.5) is 11.4 Å². The van der Waals surface area contributed by atoms with Crippen molar-refractivity contribution in [1.29, 1.82) is 0 Å². The molecule has 0 atom stereocenters. The standard InChI is InChI=1S/C13H15N3O2S/c1-8-16-10(7-19-8)6-15-12-4-3-9(5-11(12)14)13(17)18-2/h3-5,7,15H,6,14H2,1-2H3. The number of ether oxygens (including phenoxy) is 1. The molecule has 0 saturated carbocycles. The number of hydrogen-bond acceptors (Lipinski definition) is 6. The summed E-state index contributed by atoms with van der Waals surface area (Å²) in [6, 6.07) is 5.04. The minimum atomic E-state index is -0.395. The zero-order valence-corrected chi connectivity index (χ0v) is 11.6. The normalized spacial score (nSPS) is 10.2. The molecule has 0 amide bonds. The second-order valence-electron chi connectivity index (χ2n) is 4.01. The van der Waals surface area contributed by atoms with E-state index in [1.54, 1.807) is 29.5 Å². The van der Waals surface area contributed by atoms with Crippen LogP contribution in [0, 0.1) is 6.92 Å². The van der Waals surface area contributed by atoms with Crippen LogP contribution in [0.5, 0.6) is 0 Å². The highest BCUT2D eigenvalue weighted by Crippen LogP contribution is 2.21. The molecule has 0 unspecified atom stereocenters. The number of nitrogens with zero attached hydrogens (tertiary/aromatic N) is 1. The van der Waals surface area contributed by atoms with E-state index in [2.05, 4.69) is 15.0 Å². The van der Waals surface area contributed by atoms with Gasteiger partial charge in [-0.25, -0.2) is 9.78 Å². The lowest BCUT2D eigenvalue weighted by Gasteiger charge is -2.09. The maximum Gasteiger partial charge on any atom is 0.337 e. The van der Waals surface area contributed by atoms with Gasteiger partial charge in [-0.2, -0.15) is 0 Å². The Morgan fingerprint density at radius 1 is 1.53 bits per heavy atom. The van der Waals surface area contributed by atoms with Gasteiger partial charge in [0.1, 0.15) is 0 Å². The van der Waals surface area contributed by atoms with Crippen molar-refractivity contribution in [3.8, 4) is 0 Å². The summed E-state index contributed by atoms with van der Waals surface area (Å²) in [4.78, 5) is 15.7. The van der Waals surface area contributed by atoms with Crippen molar-refractivity contribution in [3.05, 3.63) is 39.8 Å². The molecule has 2 aromatic rings. The molecule has 1 heterocycles. The number of carbonyl (C=O) groups is 1. The minimum Gasteiger partial charge on any atom is -0.465 e. The van der Waals surface area contributed by atoms with Gasteiger partial charge in [-0.05, 0) is 25.1 Å². The summed E-state index contributed by atoms with van der Waals surface area (Å²) in [6.45, 7) is 2.57. The average Bonchev–Trinajstić information content (AvgIpc) is 2.82. The lowest BCUT2D eigenvalue weighted by Crippen LogP contribution is -2.06. The van der Waals surface area contributed by atoms with Gasteiger partial charge in [0, 0.05) is 5.38 Å². The summed E-state index contributed by atoms with van der Waals surface area (Å²) in [6.07, 6.45) is 0. The van der Waals surface area contributed by atoms with Crippen molar-refractivity contribution in [3.63, 3.8) is 0 Å². The van der Waals surface area contributed by atoms with Crippen molar-refractivity contribution >= 4 is 28.7 Å². The number of thiazole rings is 1. The van der Waals surface area contributed by atoms with Gasteiger partial charge in [-0.1, -0.05) is 0 Å². The summed E-state index contributed by atoms with van der Waals surface area (Å²) in [5.41, 5.74) is 8.59. The first-order chi connectivity index (χ1) is 9.10. The Kier molecular flexibility index (Phi) is 4.01. The first-order valence-corrected chi connectivity index (χ1v) is 6.61. The van der Waals surface area contributed by atoms with Crippen LogP contribution in [-0.2, 0) is 11.3 Å². The number of esters is 1. The molecule has 0 radical (unpaired) electrons. The number of methoxy groups -OCH3 is 1. The number of hydrogen-bond donors (Lipinski definition) is 2. The number of nitrogens with two attached hydrogens (primary N) is 1. The van der Waals surface area contributed by atoms with Gasteiger partial charge < -0.3 is 15.8 Å². The third-order valence-electron chi connectivity index (χ3n) is 2.60. The zero-order chi connectivity index (χ0) is 13.8. The lowest BCUT2D eigenvalue weighted by atomic mass is 10.1. The highest BCUT2D eigenvalue weighted by atomic mass is 32.1. The number of aryl methyl sites for hydroxylation is 1.